The van der Waals surface area contributed by atoms with Gasteiger partial charge in [0.15, 0.2) is 6.10 Å². The summed E-state index contributed by atoms with van der Waals surface area (Å²) in [6.07, 6.45) is 68.3. The molecule has 0 radical (unpaired) electrons. The number of carbonyl (C=O) groups excluding carboxylic acids is 3. The molecule has 0 rings (SSSR count). The zero-order valence-corrected chi connectivity index (χ0v) is 39.6. The smallest absolute Gasteiger partial charge is 0.306 e. The lowest BCUT2D eigenvalue weighted by molar-refractivity contribution is -0.167. The molecule has 0 aliphatic carbocycles. The highest BCUT2D eigenvalue weighted by molar-refractivity contribution is 5.71. The highest BCUT2D eigenvalue weighted by Gasteiger charge is 2.19. The summed E-state index contributed by atoms with van der Waals surface area (Å²) in [5.74, 6) is -0.978. The molecule has 0 saturated carbocycles. The third kappa shape index (κ3) is 46.9. The Labute approximate surface area is 380 Å². The lowest BCUT2D eigenvalue weighted by atomic mass is 10.1. The number of hydrogen-bond acceptors (Lipinski definition) is 6. The second-order valence-electron chi connectivity index (χ2n) is 15.6. The Morgan fingerprint density at radius 1 is 0.339 bits per heavy atom. The molecule has 0 aromatic rings. The van der Waals surface area contributed by atoms with Crippen molar-refractivity contribution in [2.45, 2.75) is 200 Å². The Morgan fingerprint density at radius 2 is 0.629 bits per heavy atom. The van der Waals surface area contributed by atoms with E-state index in [1.165, 1.54) is 19.3 Å². The average molecular weight is 857 g/mol. The molecule has 0 bridgehead atoms. The van der Waals surface area contributed by atoms with Crippen LogP contribution < -0.4 is 0 Å². The fourth-order valence-electron chi connectivity index (χ4n) is 6.05. The van der Waals surface area contributed by atoms with Crippen LogP contribution in [0.25, 0.3) is 0 Å². The number of ether oxygens (including phenoxy) is 3. The predicted octanol–water partition coefficient (Wildman–Crippen LogP) is 16.1. The van der Waals surface area contributed by atoms with Crippen molar-refractivity contribution < 1.29 is 28.6 Å². The van der Waals surface area contributed by atoms with Gasteiger partial charge in [0, 0.05) is 19.3 Å². The molecular formula is C56H88O6. The SMILES string of the molecule is CC/C=C\C/C=C\C/C=C\C/C=C\C/C=C\C/C=C\C/C=C\C/C=C\C/C=C\C/C=C\CCCCC(=O)OCC(COC(=O)CCCCCCC)OC(=O)CCCCCCCC. The normalized spacial score (nSPS) is 13.1. The molecule has 1 atom stereocenters. The Hall–Kier alpha value is -4.19. The summed E-state index contributed by atoms with van der Waals surface area (Å²) in [4.78, 5) is 37.2. The highest BCUT2D eigenvalue weighted by atomic mass is 16.6. The van der Waals surface area contributed by atoms with E-state index in [4.69, 9.17) is 14.2 Å². The van der Waals surface area contributed by atoms with E-state index in [2.05, 4.69) is 142 Å². The van der Waals surface area contributed by atoms with Crippen LogP contribution >= 0.6 is 0 Å². The molecule has 0 spiro atoms. The van der Waals surface area contributed by atoms with Gasteiger partial charge in [0.1, 0.15) is 13.2 Å². The summed E-state index contributed by atoms with van der Waals surface area (Å²) in [7, 11) is 0. The van der Waals surface area contributed by atoms with Gasteiger partial charge in [0.2, 0.25) is 0 Å². The van der Waals surface area contributed by atoms with Crippen molar-refractivity contribution >= 4 is 17.9 Å². The van der Waals surface area contributed by atoms with E-state index in [-0.39, 0.29) is 31.1 Å². The van der Waals surface area contributed by atoms with Crippen molar-refractivity contribution in [1.82, 2.24) is 0 Å². The Bertz CT molecular complexity index is 1350. The maximum atomic E-state index is 12.5. The molecule has 348 valence electrons. The maximum absolute atomic E-state index is 12.5. The highest BCUT2D eigenvalue weighted by Crippen LogP contribution is 2.11. The van der Waals surface area contributed by atoms with E-state index in [9.17, 15) is 14.4 Å². The minimum absolute atomic E-state index is 0.0947. The van der Waals surface area contributed by atoms with Crippen molar-refractivity contribution in [3.63, 3.8) is 0 Å². The fraction of sp³-hybridized carbons (Fsp3) is 0.589. The second-order valence-corrected chi connectivity index (χ2v) is 15.6. The monoisotopic (exact) mass is 857 g/mol. The quantitative estimate of drug-likeness (QED) is 0.0263. The minimum Gasteiger partial charge on any atom is -0.462 e. The first kappa shape index (κ1) is 57.8. The van der Waals surface area contributed by atoms with Crippen LogP contribution in [0.4, 0.5) is 0 Å². The lowest BCUT2D eigenvalue weighted by Gasteiger charge is -2.18. The first-order valence-corrected chi connectivity index (χ1v) is 24.5. The molecule has 0 aliphatic heterocycles. The van der Waals surface area contributed by atoms with Gasteiger partial charge in [-0.2, -0.15) is 0 Å². The van der Waals surface area contributed by atoms with Gasteiger partial charge in [-0.3, -0.25) is 14.4 Å². The second kappa shape index (κ2) is 49.5. The van der Waals surface area contributed by atoms with E-state index in [1.807, 2.05) is 0 Å². The zero-order chi connectivity index (χ0) is 45.1. The summed E-state index contributed by atoms with van der Waals surface area (Å²) in [6, 6.07) is 0. The number of unbranched alkanes of at least 4 members (excludes halogenated alkanes) is 11. The van der Waals surface area contributed by atoms with Crippen LogP contribution in [-0.2, 0) is 28.6 Å². The third-order valence-corrected chi connectivity index (χ3v) is 9.73. The molecular weight excluding hydrogens is 769 g/mol. The van der Waals surface area contributed by atoms with Gasteiger partial charge in [-0.1, -0.05) is 200 Å². The predicted molar refractivity (Wildman–Crippen MR) is 265 cm³/mol. The van der Waals surface area contributed by atoms with Crippen LogP contribution in [0.15, 0.2) is 122 Å². The van der Waals surface area contributed by atoms with Crippen LogP contribution in [0.3, 0.4) is 0 Å². The van der Waals surface area contributed by atoms with E-state index in [1.54, 1.807) is 0 Å². The molecule has 0 amide bonds. The topological polar surface area (TPSA) is 78.9 Å². The van der Waals surface area contributed by atoms with Crippen LogP contribution in [0.1, 0.15) is 194 Å². The van der Waals surface area contributed by atoms with Crippen molar-refractivity contribution in [2.24, 2.45) is 0 Å². The van der Waals surface area contributed by atoms with E-state index in [0.717, 1.165) is 135 Å². The van der Waals surface area contributed by atoms with Crippen LogP contribution in [0.2, 0.25) is 0 Å². The third-order valence-electron chi connectivity index (χ3n) is 9.73. The first-order valence-electron chi connectivity index (χ1n) is 24.5. The van der Waals surface area contributed by atoms with Crippen molar-refractivity contribution in [1.29, 1.82) is 0 Å². The van der Waals surface area contributed by atoms with E-state index < -0.39 is 6.10 Å². The number of esters is 3. The Kier molecular flexibility index (Phi) is 46.1. The number of hydrogen-bond donors (Lipinski definition) is 0. The summed E-state index contributed by atoms with van der Waals surface area (Å²) in [5.41, 5.74) is 0. The van der Waals surface area contributed by atoms with Gasteiger partial charge in [0.25, 0.3) is 0 Å². The molecule has 0 aromatic carbocycles. The molecule has 6 nitrogen and oxygen atoms in total. The fourth-order valence-corrected chi connectivity index (χ4v) is 6.05. The molecule has 0 heterocycles. The van der Waals surface area contributed by atoms with Gasteiger partial charge in [-0.15, -0.1) is 0 Å². The van der Waals surface area contributed by atoms with Crippen LogP contribution in [-0.4, -0.2) is 37.2 Å². The molecule has 0 saturated heterocycles. The molecule has 6 heteroatoms. The van der Waals surface area contributed by atoms with Gasteiger partial charge in [0.05, 0.1) is 0 Å². The molecule has 0 aromatic heterocycles. The van der Waals surface area contributed by atoms with Crippen molar-refractivity contribution in [3.8, 4) is 0 Å². The van der Waals surface area contributed by atoms with Gasteiger partial charge in [-0.25, -0.2) is 0 Å². The maximum Gasteiger partial charge on any atom is 0.306 e. The zero-order valence-electron chi connectivity index (χ0n) is 39.6. The average Bonchev–Trinajstić information content (AvgIpc) is 3.27. The number of allylic oxidation sites excluding steroid dienone is 20. The van der Waals surface area contributed by atoms with Crippen molar-refractivity contribution in [2.75, 3.05) is 13.2 Å². The summed E-state index contributed by atoms with van der Waals surface area (Å²) < 4.78 is 16.4. The Morgan fingerprint density at radius 3 is 0.984 bits per heavy atom. The molecule has 1 unspecified atom stereocenters. The van der Waals surface area contributed by atoms with E-state index in [0.29, 0.717) is 19.3 Å². The largest absolute Gasteiger partial charge is 0.462 e. The van der Waals surface area contributed by atoms with Gasteiger partial charge in [-0.05, 0) is 96.3 Å². The standard InChI is InChI=1S/C56H88O6/c1-4-7-10-13-15-16-17-18-19-20-21-22-23-24-25-26-27-28-29-30-31-32-33-34-35-36-37-38-39-40-41-44-46-49-55(58)61-52-53(51-60-54(57)48-45-42-12-9-6-3)62-56(59)50-47-43-14-11-8-5-2/h7,10,15-16,18-19,21-22,24-25,27-28,30-31,33-34,36-37,39-40,53H,4-6,8-9,11-14,17,20,23,26,29,32,35,38,41-52H2,1-3H3/b10-7-,16-15-,19-18-,22-21-,25-24-,28-27-,31-30-,34-33-,37-36-,40-39-. The first-order chi connectivity index (χ1) is 30.5. The van der Waals surface area contributed by atoms with Gasteiger partial charge >= 0.3 is 17.9 Å². The summed E-state index contributed by atoms with van der Waals surface area (Å²) in [5, 5.41) is 0. The lowest BCUT2D eigenvalue weighted by Crippen LogP contribution is -2.30. The summed E-state index contributed by atoms with van der Waals surface area (Å²) in [6.45, 7) is 6.30. The molecule has 62 heavy (non-hydrogen) atoms. The minimum atomic E-state index is -0.788. The molecule has 0 fully saturated rings. The number of rotatable bonds is 42. The number of carbonyl (C=O) groups is 3. The van der Waals surface area contributed by atoms with Gasteiger partial charge < -0.3 is 14.2 Å². The van der Waals surface area contributed by atoms with E-state index >= 15 is 0 Å². The van der Waals surface area contributed by atoms with Crippen LogP contribution in [0.5, 0.6) is 0 Å². The molecule has 0 N–H and O–H groups in total. The summed E-state index contributed by atoms with van der Waals surface area (Å²) >= 11 is 0. The van der Waals surface area contributed by atoms with Crippen molar-refractivity contribution in [3.05, 3.63) is 122 Å². The van der Waals surface area contributed by atoms with Crippen LogP contribution in [0, 0.1) is 0 Å². The molecule has 0 aliphatic rings. The Balaban J connectivity index is 4.08.